The third-order valence-electron chi connectivity index (χ3n) is 5.62. The molecule has 1 aromatic carbocycles. The topological polar surface area (TPSA) is 82.8 Å². The van der Waals surface area contributed by atoms with E-state index in [-0.39, 0.29) is 17.8 Å². The number of aromatic nitrogens is 2. The molecule has 3 N–H and O–H groups in total. The molecular weight excluding hydrogens is 449 g/mol. The van der Waals surface area contributed by atoms with Gasteiger partial charge in [-0.1, -0.05) is 23.7 Å². The lowest BCUT2D eigenvalue weighted by Gasteiger charge is -2.16. The highest BCUT2D eigenvalue weighted by Crippen LogP contribution is 2.27. The van der Waals surface area contributed by atoms with Gasteiger partial charge in [0.25, 0.3) is 5.91 Å². The SMILES string of the molecule is Cn1cc2c(c1C(=O)Nc1ccnc(Cl)c1)CCC(CCCc1ccc(F)cc1)NS2=N. The first-order valence-electron chi connectivity index (χ1n) is 10.5. The van der Waals surface area contributed by atoms with Crippen molar-refractivity contribution in [1.29, 1.82) is 4.78 Å². The second-order valence-corrected chi connectivity index (χ2v) is 9.61. The summed E-state index contributed by atoms with van der Waals surface area (Å²) in [5, 5.41) is 3.20. The number of aryl methyl sites for hydroxylation is 2. The van der Waals surface area contributed by atoms with Gasteiger partial charge in [-0.25, -0.2) is 14.1 Å². The van der Waals surface area contributed by atoms with Crippen LogP contribution in [0.3, 0.4) is 0 Å². The number of hydrogen-bond donors (Lipinski definition) is 3. The highest BCUT2D eigenvalue weighted by Gasteiger charge is 2.26. The van der Waals surface area contributed by atoms with Crippen LogP contribution in [-0.2, 0) is 30.8 Å². The van der Waals surface area contributed by atoms with Crippen molar-refractivity contribution in [3.63, 3.8) is 0 Å². The van der Waals surface area contributed by atoms with Crippen molar-refractivity contribution >= 4 is 34.1 Å². The summed E-state index contributed by atoms with van der Waals surface area (Å²) in [7, 11) is 0.932. The molecule has 6 nitrogen and oxygen atoms in total. The van der Waals surface area contributed by atoms with Gasteiger partial charge < -0.3 is 9.88 Å². The molecule has 32 heavy (non-hydrogen) atoms. The standard InChI is InChI=1S/C23H25ClFN5OS/c1-30-14-20-19(22(30)23(31)28-18-11-12-27-21(24)13-18)10-9-17(29-32(20)26)4-2-3-15-5-7-16(25)8-6-15/h5-8,11-14,17H,2-4,9-10H2,1H3,(H2,26,29)(H,27,28,31). The number of nitrogens with zero attached hydrogens (tertiary/aromatic N) is 2. The predicted octanol–water partition coefficient (Wildman–Crippen LogP) is 5.05. The Morgan fingerprint density at radius 1 is 1.38 bits per heavy atom. The number of rotatable bonds is 6. The Labute approximate surface area is 194 Å². The van der Waals surface area contributed by atoms with Crippen molar-refractivity contribution in [2.75, 3.05) is 5.32 Å². The lowest BCUT2D eigenvalue weighted by Crippen LogP contribution is -2.29. The fourth-order valence-electron chi connectivity index (χ4n) is 4.05. The maximum Gasteiger partial charge on any atom is 0.272 e. The zero-order valence-electron chi connectivity index (χ0n) is 17.7. The van der Waals surface area contributed by atoms with Crippen molar-refractivity contribution in [3.8, 4) is 0 Å². The fraction of sp³-hybridized carbons (Fsp3) is 0.304. The normalized spacial score (nSPS) is 18.1. The lowest BCUT2D eigenvalue weighted by atomic mass is 9.99. The molecule has 0 spiro atoms. The van der Waals surface area contributed by atoms with Crippen LogP contribution in [0.4, 0.5) is 10.1 Å². The van der Waals surface area contributed by atoms with E-state index in [9.17, 15) is 9.18 Å². The summed E-state index contributed by atoms with van der Waals surface area (Å²) in [6, 6.07) is 10.1. The molecule has 0 aliphatic carbocycles. The predicted molar refractivity (Wildman–Crippen MR) is 126 cm³/mol. The lowest BCUT2D eigenvalue weighted by molar-refractivity contribution is 0.101. The number of pyridine rings is 1. The van der Waals surface area contributed by atoms with Crippen molar-refractivity contribution in [2.45, 2.75) is 43.0 Å². The van der Waals surface area contributed by atoms with E-state index in [1.165, 1.54) is 12.1 Å². The van der Waals surface area contributed by atoms with Gasteiger partial charge in [0.15, 0.2) is 0 Å². The molecular formula is C23H25ClFN5OS. The van der Waals surface area contributed by atoms with E-state index < -0.39 is 10.9 Å². The Morgan fingerprint density at radius 3 is 2.91 bits per heavy atom. The Bertz CT molecular complexity index is 1150. The van der Waals surface area contributed by atoms with Crippen molar-refractivity contribution < 1.29 is 9.18 Å². The van der Waals surface area contributed by atoms with Gasteiger partial charge in [-0.2, -0.15) is 0 Å². The molecule has 3 aromatic rings. The monoisotopic (exact) mass is 473 g/mol. The Morgan fingerprint density at radius 2 is 2.16 bits per heavy atom. The molecule has 2 unspecified atom stereocenters. The fourth-order valence-corrected chi connectivity index (χ4v) is 5.63. The molecule has 1 amide bonds. The van der Waals surface area contributed by atoms with Crippen LogP contribution in [0.2, 0.25) is 5.15 Å². The number of benzene rings is 1. The Balaban J connectivity index is 1.43. The first kappa shape index (κ1) is 22.6. The van der Waals surface area contributed by atoms with Crippen molar-refractivity contribution in [1.82, 2.24) is 14.3 Å². The van der Waals surface area contributed by atoms with Gasteiger partial charge in [-0.3, -0.25) is 9.57 Å². The van der Waals surface area contributed by atoms with Crippen LogP contribution >= 0.6 is 11.6 Å². The number of amides is 1. The first-order valence-corrected chi connectivity index (χ1v) is 12.1. The second-order valence-electron chi connectivity index (χ2n) is 7.93. The molecule has 0 bridgehead atoms. The van der Waals surface area contributed by atoms with Gasteiger partial charge in [0.2, 0.25) is 0 Å². The molecule has 168 valence electrons. The molecule has 2 aromatic heterocycles. The van der Waals surface area contributed by atoms with Crippen LogP contribution < -0.4 is 10.0 Å². The van der Waals surface area contributed by atoms with E-state index in [0.717, 1.165) is 48.1 Å². The van der Waals surface area contributed by atoms with E-state index >= 15 is 0 Å². The molecule has 0 radical (unpaired) electrons. The Hall–Kier alpha value is -2.55. The minimum absolute atomic E-state index is 0.198. The highest BCUT2D eigenvalue weighted by atomic mass is 35.5. The van der Waals surface area contributed by atoms with Gasteiger partial charge in [-0.15, -0.1) is 0 Å². The smallest absolute Gasteiger partial charge is 0.272 e. The van der Waals surface area contributed by atoms with Gasteiger partial charge >= 0.3 is 0 Å². The zero-order chi connectivity index (χ0) is 22.7. The first-order chi connectivity index (χ1) is 15.4. The number of nitrogens with one attached hydrogen (secondary N) is 3. The molecule has 0 fully saturated rings. The Kier molecular flexibility index (Phi) is 7.03. The van der Waals surface area contributed by atoms with Crippen LogP contribution in [0, 0.1) is 10.6 Å². The summed E-state index contributed by atoms with van der Waals surface area (Å²) in [6.07, 6.45) is 7.76. The molecule has 1 aliphatic heterocycles. The van der Waals surface area contributed by atoms with Gasteiger partial charge in [-0.05, 0) is 78.4 Å². The molecule has 0 saturated heterocycles. The van der Waals surface area contributed by atoms with E-state index in [4.69, 9.17) is 16.4 Å². The summed E-state index contributed by atoms with van der Waals surface area (Å²) in [4.78, 5) is 17.8. The summed E-state index contributed by atoms with van der Waals surface area (Å²) < 4.78 is 27.0. The number of fused-ring (bicyclic) bond motifs is 1. The summed E-state index contributed by atoms with van der Waals surface area (Å²) in [5.74, 6) is -0.440. The highest BCUT2D eigenvalue weighted by molar-refractivity contribution is 7.84. The minimum atomic E-state index is -0.901. The second kappa shape index (κ2) is 9.94. The van der Waals surface area contributed by atoms with Crippen LogP contribution in [0.1, 0.15) is 40.9 Å². The number of hydrogen-bond acceptors (Lipinski definition) is 3. The van der Waals surface area contributed by atoms with Crippen molar-refractivity contribution in [2.24, 2.45) is 7.05 Å². The number of carbonyl (C=O) groups is 1. The molecule has 1 aliphatic rings. The van der Waals surface area contributed by atoms with Gasteiger partial charge in [0.05, 0.1) is 4.90 Å². The third-order valence-corrected chi connectivity index (χ3v) is 7.19. The van der Waals surface area contributed by atoms with E-state index in [0.29, 0.717) is 16.5 Å². The maximum absolute atomic E-state index is 13.1. The summed E-state index contributed by atoms with van der Waals surface area (Å²) in [6.45, 7) is 0. The van der Waals surface area contributed by atoms with E-state index in [1.54, 1.807) is 22.9 Å². The molecule has 0 saturated carbocycles. The van der Waals surface area contributed by atoms with Crippen LogP contribution in [0.15, 0.2) is 53.7 Å². The largest absolute Gasteiger partial charge is 0.345 e. The van der Waals surface area contributed by atoms with Crippen molar-refractivity contribution in [3.05, 3.63) is 76.6 Å². The van der Waals surface area contributed by atoms with E-state index in [2.05, 4.69) is 15.0 Å². The zero-order valence-corrected chi connectivity index (χ0v) is 19.3. The average molecular weight is 474 g/mol. The molecule has 9 heteroatoms. The summed E-state index contributed by atoms with van der Waals surface area (Å²) in [5.41, 5.74) is 3.20. The van der Waals surface area contributed by atoms with E-state index in [1.807, 2.05) is 25.4 Å². The quantitative estimate of drug-likeness (QED) is 0.438. The minimum Gasteiger partial charge on any atom is -0.345 e. The van der Waals surface area contributed by atoms with Crippen LogP contribution in [0.25, 0.3) is 0 Å². The average Bonchev–Trinajstić information content (AvgIpc) is 3.01. The van der Waals surface area contributed by atoms with Crippen LogP contribution in [-0.4, -0.2) is 21.5 Å². The molecule has 3 heterocycles. The van der Waals surface area contributed by atoms with Gasteiger partial charge in [0.1, 0.15) is 16.7 Å². The van der Waals surface area contributed by atoms with Crippen LogP contribution in [0.5, 0.6) is 0 Å². The maximum atomic E-state index is 13.1. The number of anilines is 1. The van der Waals surface area contributed by atoms with Gasteiger partial charge in [0, 0.05) is 31.2 Å². The third kappa shape index (κ3) is 5.26. The summed E-state index contributed by atoms with van der Waals surface area (Å²) >= 11 is 5.93. The number of carbonyl (C=O) groups excluding carboxylic acids is 1. The molecule has 4 rings (SSSR count). The number of halogens is 2. The molecule has 2 atom stereocenters.